The van der Waals surface area contributed by atoms with Crippen LogP contribution in [0.1, 0.15) is 38.5 Å². The minimum atomic E-state index is -3.88. The lowest BCUT2D eigenvalue weighted by molar-refractivity contribution is -0.143. The average molecular weight is 539 g/mol. The van der Waals surface area contributed by atoms with Crippen molar-refractivity contribution in [2.45, 2.75) is 54.8 Å². The molecule has 1 N–H and O–H groups in total. The van der Waals surface area contributed by atoms with Crippen LogP contribution in [-0.4, -0.2) is 86.3 Å². The van der Waals surface area contributed by atoms with Crippen LogP contribution < -0.4 is 4.72 Å². The molecule has 0 bridgehead atoms. The summed E-state index contributed by atoms with van der Waals surface area (Å²) < 4.78 is 29.7. The van der Waals surface area contributed by atoms with E-state index in [2.05, 4.69) is 9.62 Å². The van der Waals surface area contributed by atoms with E-state index in [9.17, 15) is 18.0 Å². The van der Waals surface area contributed by atoms with Crippen molar-refractivity contribution in [3.63, 3.8) is 0 Å². The molecule has 4 heterocycles. The Hall–Kier alpha value is -1.72. The van der Waals surface area contributed by atoms with Crippen LogP contribution in [0.15, 0.2) is 28.5 Å². The second-order valence-corrected chi connectivity index (χ2v) is 13.2. The summed E-state index contributed by atoms with van der Waals surface area (Å²) in [6, 6.07) is 6.15. The number of carbonyl (C=O) groups is 2. The third-order valence-corrected chi connectivity index (χ3v) is 10.5. The van der Waals surface area contributed by atoms with Crippen molar-refractivity contribution in [1.82, 2.24) is 19.4 Å². The van der Waals surface area contributed by atoms with E-state index in [1.54, 1.807) is 24.3 Å². The average Bonchev–Trinajstić information content (AvgIpc) is 3.57. The number of nitrogens with one attached hydrogen (secondary N) is 1. The summed E-state index contributed by atoms with van der Waals surface area (Å²) in [6.45, 7) is 4.30. The van der Waals surface area contributed by atoms with Gasteiger partial charge in [0.1, 0.15) is 10.3 Å². The number of thiophene rings is 1. The fourth-order valence-corrected chi connectivity index (χ4v) is 8.24. The van der Waals surface area contributed by atoms with Crippen molar-refractivity contribution in [3.8, 4) is 0 Å². The molecule has 3 fully saturated rings. The number of nitrogens with zero attached hydrogens (tertiary/aromatic N) is 3. The fraction of sp³-hybridized carbons (Fsp3) is 0.583. The monoisotopic (exact) mass is 538 g/mol. The summed E-state index contributed by atoms with van der Waals surface area (Å²) in [7, 11) is -3.88. The highest BCUT2D eigenvalue weighted by atomic mass is 35.5. The van der Waals surface area contributed by atoms with Gasteiger partial charge >= 0.3 is 0 Å². The lowest BCUT2D eigenvalue weighted by Gasteiger charge is -2.34. The van der Waals surface area contributed by atoms with Gasteiger partial charge in [-0.3, -0.25) is 9.59 Å². The highest BCUT2D eigenvalue weighted by Gasteiger charge is 2.36. The van der Waals surface area contributed by atoms with Gasteiger partial charge in [0.15, 0.2) is 0 Å². The molecule has 8 nitrogen and oxygen atoms in total. The number of rotatable bonds is 7. The second kappa shape index (κ2) is 10.3. The number of likely N-dealkylation sites (tertiary alicyclic amines) is 3. The lowest BCUT2D eigenvalue weighted by Crippen LogP contribution is -2.55. The van der Waals surface area contributed by atoms with Gasteiger partial charge in [0, 0.05) is 35.4 Å². The van der Waals surface area contributed by atoms with Crippen molar-refractivity contribution in [3.05, 3.63) is 29.3 Å². The van der Waals surface area contributed by atoms with E-state index in [0.29, 0.717) is 24.4 Å². The predicted molar refractivity (Wildman–Crippen MR) is 137 cm³/mol. The van der Waals surface area contributed by atoms with E-state index in [1.807, 2.05) is 4.90 Å². The molecule has 0 unspecified atom stereocenters. The Morgan fingerprint density at radius 2 is 1.83 bits per heavy atom. The molecule has 2 amide bonds. The lowest BCUT2D eigenvalue weighted by atomic mass is 10.1. The van der Waals surface area contributed by atoms with Gasteiger partial charge in [-0.25, -0.2) is 8.42 Å². The van der Waals surface area contributed by atoms with Crippen LogP contribution in [0.4, 0.5) is 0 Å². The third-order valence-electron chi connectivity index (χ3n) is 7.24. The molecule has 0 radical (unpaired) electrons. The Bertz CT molecular complexity index is 1210. The molecule has 0 spiro atoms. The Kier molecular flexibility index (Phi) is 7.37. The van der Waals surface area contributed by atoms with E-state index in [0.717, 1.165) is 60.4 Å². The van der Waals surface area contributed by atoms with Crippen LogP contribution in [-0.2, 0) is 19.6 Å². The third kappa shape index (κ3) is 5.51. The summed E-state index contributed by atoms with van der Waals surface area (Å²) in [6.07, 6.45) is 5.48. The van der Waals surface area contributed by atoms with Gasteiger partial charge in [-0.05, 0) is 81.3 Å². The Morgan fingerprint density at radius 3 is 2.63 bits per heavy atom. The van der Waals surface area contributed by atoms with E-state index >= 15 is 0 Å². The summed E-state index contributed by atoms with van der Waals surface area (Å²) in [5, 5.41) is 1.29. The van der Waals surface area contributed by atoms with Crippen LogP contribution in [0.2, 0.25) is 5.02 Å². The first-order valence-electron chi connectivity index (χ1n) is 12.3. The smallest absolute Gasteiger partial charge is 0.250 e. The number of piperidine rings is 1. The highest BCUT2D eigenvalue weighted by molar-refractivity contribution is 7.91. The standard InChI is InChI=1S/C24H31ClN4O4S2/c25-18-7-8-21-17(13-18)14-23(34-21)35(32,33)26-20-6-4-11-28(24(20)31)16-22(30)29-12-3-5-19(29)15-27-9-1-2-10-27/h7-8,13-14,19-20,26H,1-6,9-12,15-16H2/t19-,20-/m0/s1. The largest absolute Gasteiger partial charge is 0.337 e. The van der Waals surface area contributed by atoms with Gasteiger partial charge in [-0.1, -0.05) is 11.6 Å². The second-order valence-electron chi connectivity index (χ2n) is 9.71. The highest BCUT2D eigenvalue weighted by Crippen LogP contribution is 2.31. The molecule has 2 aromatic rings. The maximum Gasteiger partial charge on any atom is 0.250 e. The summed E-state index contributed by atoms with van der Waals surface area (Å²) in [4.78, 5) is 32.2. The van der Waals surface area contributed by atoms with Crippen LogP contribution >= 0.6 is 22.9 Å². The van der Waals surface area contributed by atoms with Crippen molar-refractivity contribution in [2.24, 2.45) is 0 Å². The van der Waals surface area contributed by atoms with Crippen LogP contribution in [0.25, 0.3) is 10.1 Å². The zero-order valence-corrected chi connectivity index (χ0v) is 22.0. The quantitative estimate of drug-likeness (QED) is 0.585. The van der Waals surface area contributed by atoms with Crippen LogP contribution in [0.3, 0.4) is 0 Å². The van der Waals surface area contributed by atoms with Gasteiger partial charge in [0.25, 0.3) is 10.0 Å². The molecule has 1 aromatic carbocycles. The summed E-state index contributed by atoms with van der Waals surface area (Å²) >= 11 is 7.17. The van der Waals surface area contributed by atoms with Gasteiger partial charge in [0.05, 0.1) is 6.54 Å². The zero-order valence-electron chi connectivity index (χ0n) is 19.6. The van der Waals surface area contributed by atoms with E-state index in [1.165, 1.54) is 17.7 Å². The molecule has 3 aliphatic rings. The van der Waals surface area contributed by atoms with Crippen LogP contribution in [0, 0.1) is 0 Å². The molecule has 1 aromatic heterocycles. The number of fused-ring (bicyclic) bond motifs is 1. The van der Waals surface area contributed by atoms with Gasteiger partial charge in [-0.2, -0.15) is 4.72 Å². The van der Waals surface area contributed by atoms with E-state index < -0.39 is 16.1 Å². The molecule has 190 valence electrons. The van der Waals surface area contributed by atoms with Gasteiger partial charge in [-0.15, -0.1) is 11.3 Å². The van der Waals surface area contributed by atoms with Crippen molar-refractivity contribution in [1.29, 1.82) is 0 Å². The molecule has 11 heteroatoms. The minimum Gasteiger partial charge on any atom is -0.337 e. The number of amides is 2. The maximum atomic E-state index is 13.2. The number of hydrogen-bond acceptors (Lipinski definition) is 6. The number of halogens is 1. The normalized spacial score (nSPS) is 24.1. The Morgan fingerprint density at radius 1 is 1.06 bits per heavy atom. The van der Waals surface area contributed by atoms with Gasteiger partial charge < -0.3 is 14.7 Å². The number of hydrogen-bond donors (Lipinski definition) is 1. The molecule has 5 rings (SSSR count). The number of sulfonamides is 1. The zero-order chi connectivity index (χ0) is 24.6. The maximum absolute atomic E-state index is 13.2. The Labute approximate surface area is 215 Å². The predicted octanol–water partition coefficient (Wildman–Crippen LogP) is 2.91. The minimum absolute atomic E-state index is 0.00888. The fourth-order valence-electron chi connectivity index (χ4n) is 5.45. The molecule has 3 saturated heterocycles. The van der Waals surface area contributed by atoms with Gasteiger partial charge in [0.2, 0.25) is 11.8 Å². The number of benzene rings is 1. The molecule has 35 heavy (non-hydrogen) atoms. The van der Waals surface area contributed by atoms with Crippen molar-refractivity contribution < 1.29 is 18.0 Å². The van der Waals surface area contributed by atoms with E-state index in [4.69, 9.17) is 11.6 Å². The van der Waals surface area contributed by atoms with Crippen LogP contribution in [0.5, 0.6) is 0 Å². The first-order valence-corrected chi connectivity index (χ1v) is 15.0. The number of carbonyl (C=O) groups excluding carboxylic acids is 2. The van der Waals surface area contributed by atoms with Crippen molar-refractivity contribution >= 4 is 54.9 Å². The molecule has 3 aliphatic heterocycles. The molecule has 0 aliphatic carbocycles. The SMILES string of the molecule is O=C1[C@@H](NS(=O)(=O)c2cc3cc(Cl)ccc3s2)CCCN1CC(=O)N1CCC[C@H]1CN1CCCC1. The van der Waals surface area contributed by atoms with E-state index in [-0.39, 0.29) is 28.6 Å². The van der Waals surface area contributed by atoms with Crippen molar-refractivity contribution in [2.75, 3.05) is 39.3 Å². The summed E-state index contributed by atoms with van der Waals surface area (Å²) in [5.41, 5.74) is 0. The molecular weight excluding hydrogens is 508 g/mol. The molecular formula is C24H31ClN4O4S2. The first kappa shape index (κ1) is 25.0. The molecule has 2 atom stereocenters. The topological polar surface area (TPSA) is 90.0 Å². The molecule has 0 saturated carbocycles. The Balaban J connectivity index is 1.22. The summed E-state index contributed by atoms with van der Waals surface area (Å²) in [5.74, 6) is -0.363. The first-order chi connectivity index (χ1) is 16.8.